The van der Waals surface area contributed by atoms with Gasteiger partial charge in [-0.2, -0.15) is 0 Å². The minimum atomic E-state index is -0.496. The summed E-state index contributed by atoms with van der Waals surface area (Å²) >= 11 is 14.0. The molecule has 8 unspecified atom stereocenters. The number of Topliss-reactive ketones (excluding diaryl/α,β-unsaturated/α-hetero) is 1. The van der Waals surface area contributed by atoms with Crippen molar-refractivity contribution < 1.29 is 9.90 Å². The van der Waals surface area contributed by atoms with Crippen molar-refractivity contribution in [2.45, 2.75) is 81.6 Å². The number of carbonyl (C=O) groups is 1. The molecule has 0 saturated heterocycles. The quantitative estimate of drug-likeness (QED) is 0.645. The van der Waals surface area contributed by atoms with E-state index < -0.39 is 4.87 Å². The third-order valence-corrected chi connectivity index (χ3v) is 9.93. The average molecular weight is 359 g/mol. The summed E-state index contributed by atoms with van der Waals surface area (Å²) in [6, 6.07) is 0. The summed E-state index contributed by atoms with van der Waals surface area (Å²) in [6.45, 7) is 4.51. The van der Waals surface area contributed by atoms with Crippen molar-refractivity contribution in [2.75, 3.05) is 0 Å². The van der Waals surface area contributed by atoms with Gasteiger partial charge in [0.1, 0.15) is 5.78 Å². The van der Waals surface area contributed by atoms with Gasteiger partial charge in [-0.05, 0) is 68.1 Å². The molecule has 1 N–H and O–H groups in total. The minimum absolute atomic E-state index is 0.0178. The molecule has 4 aliphatic carbocycles. The fourth-order valence-electron chi connectivity index (χ4n) is 6.94. The fourth-order valence-corrected chi connectivity index (χ4v) is 7.98. The largest absolute Gasteiger partial charge is 0.393 e. The molecule has 0 amide bonds. The first-order valence-corrected chi connectivity index (χ1v) is 10.1. The molecule has 0 aromatic rings. The monoisotopic (exact) mass is 358 g/mol. The lowest BCUT2D eigenvalue weighted by atomic mass is 9.44. The summed E-state index contributed by atoms with van der Waals surface area (Å²) in [5.41, 5.74) is -0.134. The zero-order valence-corrected chi connectivity index (χ0v) is 15.7. The fraction of sp³-hybridized carbons (Fsp3) is 0.947. The Kier molecular flexibility index (Phi) is 3.70. The van der Waals surface area contributed by atoms with Gasteiger partial charge in [-0.25, -0.2) is 0 Å². The van der Waals surface area contributed by atoms with E-state index in [2.05, 4.69) is 13.8 Å². The van der Waals surface area contributed by atoms with E-state index >= 15 is 0 Å². The van der Waals surface area contributed by atoms with Crippen molar-refractivity contribution in [2.24, 2.45) is 28.6 Å². The van der Waals surface area contributed by atoms with Crippen LogP contribution in [0.15, 0.2) is 0 Å². The Hall–Kier alpha value is 0.210. The van der Waals surface area contributed by atoms with Crippen LogP contribution in [0.25, 0.3) is 0 Å². The van der Waals surface area contributed by atoms with E-state index in [9.17, 15) is 9.90 Å². The van der Waals surface area contributed by atoms with Crippen LogP contribution < -0.4 is 0 Å². The Morgan fingerprint density at radius 2 is 1.87 bits per heavy atom. The number of rotatable bonds is 0. The van der Waals surface area contributed by atoms with Crippen LogP contribution in [0.2, 0.25) is 0 Å². The van der Waals surface area contributed by atoms with Gasteiger partial charge in [0.05, 0.1) is 16.4 Å². The molecule has 0 aliphatic heterocycles. The van der Waals surface area contributed by atoms with Gasteiger partial charge in [0, 0.05) is 11.8 Å². The third kappa shape index (κ3) is 2.01. The molecule has 0 aromatic heterocycles. The second-order valence-corrected chi connectivity index (χ2v) is 10.4. The summed E-state index contributed by atoms with van der Waals surface area (Å²) in [5.74, 6) is 2.03. The van der Waals surface area contributed by atoms with Crippen molar-refractivity contribution in [3.63, 3.8) is 0 Å². The highest BCUT2D eigenvalue weighted by Crippen LogP contribution is 2.68. The van der Waals surface area contributed by atoms with Crippen molar-refractivity contribution >= 4 is 29.0 Å². The second kappa shape index (κ2) is 5.11. The Balaban J connectivity index is 1.72. The van der Waals surface area contributed by atoms with Gasteiger partial charge in [0.2, 0.25) is 0 Å². The Bertz CT molecular complexity index is 537. The van der Waals surface area contributed by atoms with Crippen LogP contribution in [0.5, 0.6) is 0 Å². The first kappa shape index (κ1) is 16.7. The number of hydrogen-bond acceptors (Lipinski definition) is 2. The highest BCUT2D eigenvalue weighted by atomic mass is 35.5. The van der Waals surface area contributed by atoms with E-state index in [1.807, 2.05) is 0 Å². The number of aliphatic hydroxyl groups is 1. The molecule has 4 heteroatoms. The summed E-state index contributed by atoms with van der Waals surface area (Å²) in [5, 5.41) is 10.1. The van der Waals surface area contributed by atoms with E-state index in [0.717, 1.165) is 44.9 Å². The van der Waals surface area contributed by atoms with Gasteiger partial charge in [-0.15, -0.1) is 23.2 Å². The maximum atomic E-state index is 12.5. The SMILES string of the molecule is CC12CCC3C(CC(Cl)C4(Cl)CC(O)CCC34C)C1CCC2=O. The van der Waals surface area contributed by atoms with Crippen LogP contribution in [0.4, 0.5) is 0 Å². The molecule has 0 spiro atoms. The topological polar surface area (TPSA) is 37.3 Å². The number of alkyl halides is 2. The molecular formula is C19H28Cl2O2. The predicted octanol–water partition coefficient (Wildman–Crippen LogP) is 4.54. The Morgan fingerprint density at radius 3 is 2.61 bits per heavy atom. The van der Waals surface area contributed by atoms with E-state index in [1.165, 1.54) is 0 Å². The number of aliphatic hydroxyl groups excluding tert-OH is 1. The Morgan fingerprint density at radius 1 is 1.13 bits per heavy atom. The van der Waals surface area contributed by atoms with Crippen molar-refractivity contribution in [1.82, 2.24) is 0 Å². The number of carbonyl (C=O) groups excluding carboxylic acids is 1. The summed E-state index contributed by atoms with van der Waals surface area (Å²) in [4.78, 5) is 12.0. The molecule has 0 radical (unpaired) electrons. The van der Waals surface area contributed by atoms with Gasteiger partial charge in [-0.3, -0.25) is 4.79 Å². The van der Waals surface area contributed by atoms with Gasteiger partial charge in [-0.1, -0.05) is 13.8 Å². The Labute approximate surface area is 149 Å². The third-order valence-electron chi connectivity index (χ3n) is 8.42. The molecule has 0 bridgehead atoms. The van der Waals surface area contributed by atoms with E-state index in [1.54, 1.807) is 0 Å². The lowest BCUT2D eigenvalue weighted by Crippen LogP contribution is -2.64. The summed E-state index contributed by atoms with van der Waals surface area (Å²) < 4.78 is 0. The lowest BCUT2D eigenvalue weighted by molar-refractivity contribution is -0.138. The van der Waals surface area contributed by atoms with Crippen LogP contribution in [-0.4, -0.2) is 27.2 Å². The molecule has 4 aliphatic rings. The minimum Gasteiger partial charge on any atom is -0.393 e. The van der Waals surface area contributed by atoms with Crippen molar-refractivity contribution in [1.29, 1.82) is 0 Å². The number of hydrogen-bond donors (Lipinski definition) is 1. The van der Waals surface area contributed by atoms with Gasteiger partial charge in [0.25, 0.3) is 0 Å². The van der Waals surface area contributed by atoms with E-state index in [0.29, 0.717) is 30.0 Å². The molecule has 2 nitrogen and oxygen atoms in total. The first-order valence-electron chi connectivity index (χ1n) is 9.27. The lowest BCUT2D eigenvalue weighted by Gasteiger charge is -2.64. The molecule has 4 saturated carbocycles. The standard InChI is InChI=1S/C19H28Cl2O2/c1-17-7-6-14-12(13(17)3-4-16(17)23)9-15(20)19(21)10-11(22)5-8-18(14,19)2/h11-15,22H,3-10H2,1-2H3. The van der Waals surface area contributed by atoms with Crippen LogP contribution >= 0.6 is 23.2 Å². The molecule has 23 heavy (non-hydrogen) atoms. The summed E-state index contributed by atoms with van der Waals surface area (Å²) in [7, 11) is 0. The normalized spacial score (nSPS) is 59.2. The van der Waals surface area contributed by atoms with Crippen LogP contribution in [0.1, 0.15) is 65.2 Å². The molecule has 0 aromatic carbocycles. The van der Waals surface area contributed by atoms with Crippen LogP contribution in [0.3, 0.4) is 0 Å². The number of halogens is 2. The smallest absolute Gasteiger partial charge is 0.139 e. The van der Waals surface area contributed by atoms with Crippen LogP contribution in [-0.2, 0) is 4.79 Å². The molecule has 130 valence electrons. The number of ketones is 1. The summed E-state index contributed by atoms with van der Waals surface area (Å²) in [6.07, 6.45) is 6.88. The molecule has 4 rings (SSSR count). The number of fused-ring (bicyclic) bond motifs is 5. The maximum absolute atomic E-state index is 12.5. The van der Waals surface area contributed by atoms with Crippen molar-refractivity contribution in [3.8, 4) is 0 Å². The predicted molar refractivity (Wildman–Crippen MR) is 92.9 cm³/mol. The molecular weight excluding hydrogens is 331 g/mol. The van der Waals surface area contributed by atoms with Gasteiger partial charge >= 0.3 is 0 Å². The molecule has 0 heterocycles. The average Bonchev–Trinajstić information content (AvgIpc) is 2.79. The highest BCUT2D eigenvalue weighted by Gasteiger charge is 2.67. The van der Waals surface area contributed by atoms with E-state index in [4.69, 9.17) is 23.2 Å². The van der Waals surface area contributed by atoms with E-state index in [-0.39, 0.29) is 22.3 Å². The zero-order chi connectivity index (χ0) is 16.6. The highest BCUT2D eigenvalue weighted by molar-refractivity contribution is 6.33. The van der Waals surface area contributed by atoms with Gasteiger partial charge < -0.3 is 5.11 Å². The second-order valence-electron chi connectivity index (χ2n) is 9.17. The molecule has 8 atom stereocenters. The van der Waals surface area contributed by atoms with Crippen molar-refractivity contribution in [3.05, 3.63) is 0 Å². The molecule has 4 fully saturated rings. The zero-order valence-electron chi connectivity index (χ0n) is 14.2. The van der Waals surface area contributed by atoms with Crippen LogP contribution in [0, 0.1) is 28.6 Å². The van der Waals surface area contributed by atoms with Gasteiger partial charge in [0.15, 0.2) is 0 Å². The maximum Gasteiger partial charge on any atom is 0.139 e. The first-order chi connectivity index (χ1) is 10.7.